The van der Waals surface area contributed by atoms with Gasteiger partial charge in [-0.2, -0.15) is 0 Å². The molecule has 0 saturated carbocycles. The van der Waals surface area contributed by atoms with Crippen LogP contribution < -0.4 is 10.2 Å². The molecule has 0 atom stereocenters. The Labute approximate surface area is 91.2 Å². The van der Waals surface area contributed by atoms with Gasteiger partial charge in [0.25, 0.3) is 0 Å². The van der Waals surface area contributed by atoms with Crippen LogP contribution in [0.5, 0.6) is 0 Å². The van der Waals surface area contributed by atoms with Crippen LogP contribution in [-0.2, 0) is 0 Å². The second-order valence-corrected chi connectivity index (χ2v) is 4.25. The lowest BCUT2D eigenvalue weighted by molar-refractivity contribution is 0.566. The highest BCUT2D eigenvalue weighted by Gasteiger charge is 2.13. The summed E-state index contributed by atoms with van der Waals surface area (Å²) in [6, 6.07) is 5.21. The molecule has 4 heteroatoms. The van der Waals surface area contributed by atoms with Crippen molar-refractivity contribution in [3.63, 3.8) is 0 Å². The maximum Gasteiger partial charge on any atom is 0.147 e. The highest BCUT2D eigenvalue weighted by atomic mass is 79.9. The zero-order valence-electron chi connectivity index (χ0n) is 7.76. The topological polar surface area (TPSA) is 15.3 Å². The third-order valence-corrected chi connectivity index (χ3v) is 2.86. The summed E-state index contributed by atoms with van der Waals surface area (Å²) in [5.74, 6) is -0.152. The van der Waals surface area contributed by atoms with Gasteiger partial charge in [0, 0.05) is 30.7 Å². The number of nitrogens with zero attached hydrogens (tertiary/aromatic N) is 1. The molecule has 1 aromatic rings. The highest BCUT2D eigenvalue weighted by Crippen LogP contribution is 2.23. The van der Waals surface area contributed by atoms with Gasteiger partial charge in [-0.1, -0.05) is 15.9 Å². The minimum atomic E-state index is -0.152. The molecule has 1 N–H and O–H groups in total. The van der Waals surface area contributed by atoms with Gasteiger partial charge in [-0.05, 0) is 18.2 Å². The minimum Gasteiger partial charge on any atom is -0.367 e. The molecule has 1 aliphatic heterocycles. The van der Waals surface area contributed by atoms with Crippen LogP contribution in [0, 0.1) is 5.82 Å². The Hall–Kier alpha value is -0.610. The maximum atomic E-state index is 13.5. The number of anilines is 1. The summed E-state index contributed by atoms with van der Waals surface area (Å²) < 4.78 is 14.3. The molecular weight excluding hydrogens is 247 g/mol. The van der Waals surface area contributed by atoms with E-state index in [-0.39, 0.29) is 5.82 Å². The largest absolute Gasteiger partial charge is 0.367 e. The number of halogens is 2. The van der Waals surface area contributed by atoms with Gasteiger partial charge in [-0.15, -0.1) is 0 Å². The van der Waals surface area contributed by atoms with Crippen LogP contribution in [0.4, 0.5) is 10.1 Å². The van der Waals surface area contributed by atoms with Crippen LogP contribution in [0.15, 0.2) is 22.7 Å². The van der Waals surface area contributed by atoms with Gasteiger partial charge in [-0.3, -0.25) is 0 Å². The van der Waals surface area contributed by atoms with Crippen LogP contribution in [-0.4, -0.2) is 26.2 Å². The smallest absolute Gasteiger partial charge is 0.147 e. The van der Waals surface area contributed by atoms with Crippen molar-refractivity contribution in [1.29, 1.82) is 0 Å². The van der Waals surface area contributed by atoms with E-state index in [9.17, 15) is 4.39 Å². The average Bonchev–Trinajstić information content (AvgIpc) is 2.19. The molecule has 0 spiro atoms. The monoisotopic (exact) mass is 258 g/mol. The van der Waals surface area contributed by atoms with Crippen molar-refractivity contribution in [3.8, 4) is 0 Å². The normalized spacial score (nSPS) is 17.1. The van der Waals surface area contributed by atoms with E-state index in [1.54, 1.807) is 0 Å². The predicted molar refractivity (Wildman–Crippen MR) is 59.2 cm³/mol. The van der Waals surface area contributed by atoms with E-state index in [0.29, 0.717) is 5.69 Å². The third-order valence-electron chi connectivity index (χ3n) is 2.37. The fourth-order valence-corrected chi connectivity index (χ4v) is 1.98. The van der Waals surface area contributed by atoms with E-state index in [1.165, 1.54) is 6.07 Å². The van der Waals surface area contributed by atoms with Gasteiger partial charge in [0.2, 0.25) is 0 Å². The highest BCUT2D eigenvalue weighted by molar-refractivity contribution is 9.10. The van der Waals surface area contributed by atoms with E-state index in [1.807, 2.05) is 12.1 Å². The molecule has 0 aliphatic carbocycles. The zero-order valence-corrected chi connectivity index (χ0v) is 9.35. The van der Waals surface area contributed by atoms with Gasteiger partial charge < -0.3 is 10.2 Å². The van der Waals surface area contributed by atoms with Crippen LogP contribution >= 0.6 is 15.9 Å². The summed E-state index contributed by atoms with van der Waals surface area (Å²) >= 11 is 3.25. The zero-order chi connectivity index (χ0) is 9.97. The van der Waals surface area contributed by atoms with E-state index in [0.717, 1.165) is 30.7 Å². The lowest BCUT2D eigenvalue weighted by atomic mass is 10.2. The molecule has 1 heterocycles. The molecule has 0 unspecified atom stereocenters. The predicted octanol–water partition coefficient (Wildman–Crippen LogP) is 2.00. The van der Waals surface area contributed by atoms with E-state index < -0.39 is 0 Å². The average molecular weight is 259 g/mol. The number of nitrogens with one attached hydrogen (secondary N) is 1. The first-order valence-electron chi connectivity index (χ1n) is 4.68. The van der Waals surface area contributed by atoms with Crippen LogP contribution in [0.1, 0.15) is 0 Å². The van der Waals surface area contributed by atoms with Gasteiger partial charge >= 0.3 is 0 Å². The van der Waals surface area contributed by atoms with Crippen molar-refractivity contribution >= 4 is 21.6 Å². The summed E-state index contributed by atoms with van der Waals surface area (Å²) in [6.45, 7) is 3.60. The van der Waals surface area contributed by atoms with Crippen molar-refractivity contribution in [3.05, 3.63) is 28.5 Å². The first kappa shape index (κ1) is 9.93. The fraction of sp³-hybridized carbons (Fsp3) is 0.400. The lowest BCUT2D eigenvalue weighted by Gasteiger charge is -2.29. The molecule has 1 aromatic carbocycles. The Bertz CT molecular complexity index is 324. The summed E-state index contributed by atoms with van der Waals surface area (Å²) in [6.07, 6.45) is 0. The summed E-state index contributed by atoms with van der Waals surface area (Å²) in [5, 5.41) is 3.24. The number of hydrogen-bond acceptors (Lipinski definition) is 2. The quantitative estimate of drug-likeness (QED) is 0.829. The van der Waals surface area contributed by atoms with Gasteiger partial charge in [0.15, 0.2) is 0 Å². The first-order chi connectivity index (χ1) is 6.77. The molecule has 2 rings (SSSR count). The Morgan fingerprint density at radius 2 is 2.00 bits per heavy atom. The summed E-state index contributed by atoms with van der Waals surface area (Å²) in [5.41, 5.74) is 0.703. The molecule has 14 heavy (non-hydrogen) atoms. The molecule has 76 valence electrons. The molecule has 0 amide bonds. The van der Waals surface area contributed by atoms with Gasteiger partial charge in [0.05, 0.1) is 5.69 Å². The fourth-order valence-electron chi connectivity index (χ4n) is 1.64. The molecule has 1 saturated heterocycles. The van der Waals surface area contributed by atoms with Crippen LogP contribution in [0.2, 0.25) is 0 Å². The Kier molecular flexibility index (Phi) is 3.03. The van der Waals surface area contributed by atoms with Crippen molar-refractivity contribution in [2.75, 3.05) is 31.1 Å². The number of rotatable bonds is 1. The van der Waals surface area contributed by atoms with Crippen LogP contribution in [0.25, 0.3) is 0 Å². The Morgan fingerprint density at radius 3 is 2.64 bits per heavy atom. The second kappa shape index (κ2) is 4.28. The summed E-state index contributed by atoms with van der Waals surface area (Å²) in [4.78, 5) is 2.07. The lowest BCUT2D eigenvalue weighted by Crippen LogP contribution is -2.43. The van der Waals surface area contributed by atoms with Crippen LogP contribution in [0.3, 0.4) is 0 Å². The molecule has 1 fully saturated rings. The molecule has 2 nitrogen and oxygen atoms in total. The Balaban J connectivity index is 2.22. The van der Waals surface area contributed by atoms with Crippen molar-refractivity contribution in [2.24, 2.45) is 0 Å². The molecule has 1 aliphatic rings. The maximum absolute atomic E-state index is 13.5. The number of hydrogen-bond donors (Lipinski definition) is 1. The van der Waals surface area contributed by atoms with Crippen molar-refractivity contribution in [1.82, 2.24) is 5.32 Å². The number of benzene rings is 1. The summed E-state index contributed by atoms with van der Waals surface area (Å²) in [7, 11) is 0. The van der Waals surface area contributed by atoms with Gasteiger partial charge in [-0.25, -0.2) is 4.39 Å². The Morgan fingerprint density at radius 1 is 1.29 bits per heavy atom. The van der Waals surface area contributed by atoms with Gasteiger partial charge in [0.1, 0.15) is 5.82 Å². The SMILES string of the molecule is Fc1cc(Br)ccc1N1CCNCC1. The molecular formula is C10H12BrFN2. The molecule has 0 radical (unpaired) electrons. The minimum absolute atomic E-state index is 0.152. The van der Waals surface area contributed by atoms with E-state index in [4.69, 9.17) is 0 Å². The van der Waals surface area contributed by atoms with Crippen molar-refractivity contribution in [2.45, 2.75) is 0 Å². The number of piperazine rings is 1. The second-order valence-electron chi connectivity index (χ2n) is 3.33. The van der Waals surface area contributed by atoms with E-state index >= 15 is 0 Å². The molecule has 0 aromatic heterocycles. The first-order valence-corrected chi connectivity index (χ1v) is 5.47. The van der Waals surface area contributed by atoms with Crippen molar-refractivity contribution < 1.29 is 4.39 Å². The van der Waals surface area contributed by atoms with E-state index in [2.05, 4.69) is 26.1 Å². The molecule has 0 bridgehead atoms. The third kappa shape index (κ3) is 2.07. The standard InChI is InChI=1S/C10H12BrFN2/c11-8-1-2-10(9(12)7-8)14-5-3-13-4-6-14/h1-2,7,13H,3-6H2.